The number of carbonyl (C=O) groups excluding carboxylic acids is 3. The minimum absolute atomic E-state index is 0.121. The molecule has 2 amide bonds. The molecule has 0 saturated carbocycles. The van der Waals surface area contributed by atoms with Gasteiger partial charge in [-0.15, -0.1) is 11.3 Å². The summed E-state index contributed by atoms with van der Waals surface area (Å²) >= 11 is 7.85. The van der Waals surface area contributed by atoms with E-state index in [1.165, 1.54) is 28.0 Å². The maximum absolute atomic E-state index is 12.6. The molecule has 1 saturated heterocycles. The van der Waals surface area contributed by atoms with Gasteiger partial charge < -0.3 is 14.8 Å². The zero-order valence-electron chi connectivity index (χ0n) is 18.8. The quantitative estimate of drug-likeness (QED) is 0.326. The van der Waals surface area contributed by atoms with Crippen molar-refractivity contribution in [1.82, 2.24) is 4.90 Å². The van der Waals surface area contributed by atoms with Crippen molar-refractivity contribution in [3.05, 3.63) is 50.7 Å². The molecule has 2 aromatic rings. The number of rotatable bonds is 7. The summed E-state index contributed by atoms with van der Waals surface area (Å²) in [5, 5.41) is 3.37. The molecule has 34 heavy (non-hydrogen) atoms. The summed E-state index contributed by atoms with van der Waals surface area (Å²) in [4.78, 5) is 40.4. The third-order valence-corrected chi connectivity index (χ3v) is 8.13. The zero-order valence-corrected chi connectivity index (χ0v) is 21.3. The molecule has 0 atom stereocenters. The first-order valence-electron chi connectivity index (χ1n) is 10.9. The highest BCUT2D eigenvalue weighted by Gasteiger charge is 2.29. The Morgan fingerprint density at radius 2 is 1.94 bits per heavy atom. The van der Waals surface area contributed by atoms with E-state index in [4.69, 9.17) is 21.7 Å². The number of aryl methyl sites for hydroxylation is 1. The van der Waals surface area contributed by atoms with Gasteiger partial charge in [0.15, 0.2) is 6.61 Å². The van der Waals surface area contributed by atoms with Crippen LogP contribution in [0.15, 0.2) is 29.2 Å². The summed E-state index contributed by atoms with van der Waals surface area (Å²) in [5.41, 5.74) is 2.31. The van der Waals surface area contributed by atoms with Crippen LogP contribution >= 0.6 is 35.3 Å². The van der Waals surface area contributed by atoms with Crippen LogP contribution in [-0.4, -0.2) is 47.3 Å². The molecule has 1 aromatic carbocycles. The van der Waals surface area contributed by atoms with E-state index in [0.717, 1.165) is 41.7 Å². The highest BCUT2D eigenvalue weighted by atomic mass is 32.2. The molecule has 1 fully saturated rings. The molecule has 10 heteroatoms. The topological polar surface area (TPSA) is 84.9 Å². The first-order chi connectivity index (χ1) is 16.4. The van der Waals surface area contributed by atoms with Gasteiger partial charge in [-0.05, 0) is 61.9 Å². The SMILES string of the molecule is CCOC(=O)c1c(NC(=O)COc2ccc(/C=C3\SC(=S)N(C)C3=O)cc2)sc2c1CCCC2. The highest BCUT2D eigenvalue weighted by Crippen LogP contribution is 2.38. The number of ether oxygens (including phenoxy) is 2. The van der Waals surface area contributed by atoms with Crippen LogP contribution in [0.25, 0.3) is 6.08 Å². The number of nitrogens with zero attached hydrogens (tertiary/aromatic N) is 1. The zero-order chi connectivity index (χ0) is 24.2. The number of likely N-dealkylation sites (N-methyl/N-ethyl adjacent to an activating group) is 1. The van der Waals surface area contributed by atoms with Gasteiger partial charge in [0.1, 0.15) is 15.1 Å². The van der Waals surface area contributed by atoms with E-state index in [1.807, 2.05) is 12.1 Å². The molecule has 178 valence electrons. The monoisotopic (exact) mass is 516 g/mol. The average molecular weight is 517 g/mol. The van der Waals surface area contributed by atoms with E-state index in [2.05, 4.69) is 5.32 Å². The van der Waals surface area contributed by atoms with E-state index >= 15 is 0 Å². The van der Waals surface area contributed by atoms with Crippen LogP contribution in [0, 0.1) is 0 Å². The fourth-order valence-corrected chi connectivity index (χ4v) is 6.22. The van der Waals surface area contributed by atoms with Crippen LogP contribution in [0.5, 0.6) is 5.75 Å². The van der Waals surface area contributed by atoms with Crippen molar-refractivity contribution < 1.29 is 23.9 Å². The lowest BCUT2D eigenvalue weighted by Crippen LogP contribution is -2.22. The molecule has 2 aliphatic rings. The number of anilines is 1. The molecule has 0 radical (unpaired) electrons. The summed E-state index contributed by atoms with van der Waals surface area (Å²) in [6, 6.07) is 7.09. The van der Waals surface area contributed by atoms with Gasteiger partial charge in [0, 0.05) is 11.9 Å². The fraction of sp³-hybridized carbons (Fsp3) is 0.333. The van der Waals surface area contributed by atoms with Gasteiger partial charge in [0.25, 0.3) is 11.8 Å². The normalized spacial score (nSPS) is 16.5. The Hall–Kier alpha value is -2.69. The first-order valence-corrected chi connectivity index (χ1v) is 13.0. The smallest absolute Gasteiger partial charge is 0.341 e. The lowest BCUT2D eigenvalue weighted by atomic mass is 9.95. The molecule has 0 unspecified atom stereocenters. The molecular formula is C24H24N2O5S3. The second-order valence-electron chi connectivity index (χ2n) is 7.78. The Balaban J connectivity index is 1.38. The summed E-state index contributed by atoms with van der Waals surface area (Å²) in [7, 11) is 1.65. The number of nitrogens with one attached hydrogen (secondary N) is 1. The Kier molecular flexibility index (Phi) is 7.70. The van der Waals surface area contributed by atoms with Gasteiger partial charge in [-0.2, -0.15) is 0 Å². The van der Waals surface area contributed by atoms with E-state index < -0.39 is 5.97 Å². The number of carbonyl (C=O) groups is 3. The van der Waals surface area contributed by atoms with Crippen molar-refractivity contribution in [2.45, 2.75) is 32.6 Å². The Bertz CT molecular complexity index is 1170. The number of esters is 1. The molecule has 1 aliphatic carbocycles. The van der Waals surface area contributed by atoms with E-state index in [-0.39, 0.29) is 25.0 Å². The van der Waals surface area contributed by atoms with E-state index in [1.54, 1.807) is 32.2 Å². The average Bonchev–Trinajstić information content (AvgIpc) is 3.30. The second kappa shape index (κ2) is 10.7. The van der Waals surface area contributed by atoms with Crippen molar-refractivity contribution in [2.75, 3.05) is 25.6 Å². The van der Waals surface area contributed by atoms with Crippen molar-refractivity contribution in [1.29, 1.82) is 0 Å². The number of thiophene rings is 1. The Morgan fingerprint density at radius 1 is 1.21 bits per heavy atom. The third kappa shape index (κ3) is 5.34. The lowest BCUT2D eigenvalue weighted by Gasteiger charge is -2.12. The van der Waals surface area contributed by atoms with Gasteiger partial charge in [0.2, 0.25) is 0 Å². The number of thiocarbonyl (C=S) groups is 1. The number of benzene rings is 1. The minimum Gasteiger partial charge on any atom is -0.484 e. The maximum Gasteiger partial charge on any atom is 0.341 e. The van der Waals surface area contributed by atoms with Gasteiger partial charge >= 0.3 is 5.97 Å². The van der Waals surface area contributed by atoms with Gasteiger partial charge in [0.05, 0.1) is 17.1 Å². The predicted octanol–water partition coefficient (Wildman–Crippen LogP) is 4.65. The number of fused-ring (bicyclic) bond motifs is 1. The molecule has 7 nitrogen and oxygen atoms in total. The van der Waals surface area contributed by atoms with Crippen molar-refractivity contribution in [2.24, 2.45) is 0 Å². The van der Waals surface area contributed by atoms with Crippen LogP contribution in [0.4, 0.5) is 5.00 Å². The van der Waals surface area contributed by atoms with Crippen LogP contribution < -0.4 is 10.1 Å². The molecule has 1 aromatic heterocycles. The molecule has 4 rings (SSSR count). The van der Waals surface area contributed by atoms with Gasteiger partial charge in [-0.3, -0.25) is 14.5 Å². The summed E-state index contributed by atoms with van der Waals surface area (Å²) in [5.74, 6) is -0.343. The lowest BCUT2D eigenvalue weighted by molar-refractivity contribution is -0.121. The van der Waals surface area contributed by atoms with Gasteiger partial charge in [-0.1, -0.05) is 36.1 Å². The molecule has 0 spiro atoms. The molecule has 1 N–H and O–H groups in total. The Morgan fingerprint density at radius 3 is 2.62 bits per heavy atom. The third-order valence-electron chi connectivity index (χ3n) is 5.44. The minimum atomic E-state index is -0.395. The van der Waals surface area contributed by atoms with Crippen LogP contribution in [0.2, 0.25) is 0 Å². The van der Waals surface area contributed by atoms with Crippen LogP contribution in [0.3, 0.4) is 0 Å². The summed E-state index contributed by atoms with van der Waals surface area (Å²) in [6.07, 6.45) is 5.61. The molecule has 1 aliphatic heterocycles. The number of hydrogen-bond acceptors (Lipinski definition) is 8. The number of hydrogen-bond donors (Lipinski definition) is 1. The molecule has 2 heterocycles. The maximum atomic E-state index is 12.6. The predicted molar refractivity (Wildman–Crippen MR) is 138 cm³/mol. The van der Waals surface area contributed by atoms with E-state index in [0.29, 0.717) is 25.5 Å². The Labute approximate surface area is 211 Å². The molecular weight excluding hydrogens is 492 g/mol. The largest absolute Gasteiger partial charge is 0.484 e. The van der Waals surface area contributed by atoms with Crippen LogP contribution in [-0.2, 0) is 27.2 Å². The van der Waals surface area contributed by atoms with Crippen molar-refractivity contribution in [3.63, 3.8) is 0 Å². The summed E-state index contributed by atoms with van der Waals surface area (Å²) in [6.45, 7) is 1.85. The fourth-order valence-electron chi connectivity index (χ4n) is 3.74. The second-order valence-corrected chi connectivity index (χ2v) is 10.6. The van der Waals surface area contributed by atoms with Crippen LogP contribution in [0.1, 0.15) is 46.1 Å². The standard InChI is InChI=1S/C24H24N2O5S3/c1-3-30-23(29)20-16-6-4-5-7-17(16)33-21(20)25-19(27)13-31-15-10-8-14(9-11-15)12-18-22(28)26(2)24(32)34-18/h8-12H,3-7,13H2,1-2H3,(H,25,27)/b18-12-. The van der Waals surface area contributed by atoms with Crippen molar-refractivity contribution >= 4 is 68.5 Å². The van der Waals surface area contributed by atoms with Crippen molar-refractivity contribution in [3.8, 4) is 5.75 Å². The number of amides is 2. The number of thioether (sulfide) groups is 1. The highest BCUT2D eigenvalue weighted by molar-refractivity contribution is 8.26. The molecule has 0 bridgehead atoms. The summed E-state index contributed by atoms with van der Waals surface area (Å²) < 4.78 is 11.4. The van der Waals surface area contributed by atoms with Gasteiger partial charge in [-0.25, -0.2) is 4.79 Å². The first kappa shape index (κ1) is 24.4. The van der Waals surface area contributed by atoms with E-state index in [9.17, 15) is 14.4 Å².